The number of nitrogens with one attached hydrogen (secondary N) is 1. The molecule has 1 aliphatic rings. The largest absolute Gasteiger partial charge is 0.508 e. The first-order valence-electron chi connectivity index (χ1n) is 1.32. The second-order valence-corrected chi connectivity index (χ2v) is 2.01. The average Bonchev–Trinajstić information content (AvgIpc) is 1.27. The maximum Gasteiger partial charge on any atom is 0.508 e. The van der Waals surface area contributed by atoms with E-state index in [2.05, 4.69) is 8.37 Å². The third kappa shape index (κ3) is 0.637. The van der Waals surface area contributed by atoms with Gasteiger partial charge in [0.15, 0.2) is 0 Å². The van der Waals surface area contributed by atoms with Crippen LogP contribution in [0.4, 0.5) is 0 Å². The Balaban J connectivity index is 2.79. The van der Waals surface area contributed by atoms with E-state index in [0.29, 0.717) is 0 Å². The fourth-order valence-corrected chi connectivity index (χ4v) is 0.575. The first kappa shape index (κ1) is 4.38. The molecule has 7 heavy (non-hydrogen) atoms. The molecule has 1 fully saturated rings. The summed E-state index contributed by atoms with van der Waals surface area (Å²) in [5, 5.41) is 6.26. The van der Waals surface area contributed by atoms with E-state index in [1.807, 2.05) is 0 Å². The molecule has 6 heteroatoms. The van der Waals surface area contributed by atoms with Crippen molar-refractivity contribution in [2.24, 2.45) is 0 Å². The summed E-state index contributed by atoms with van der Waals surface area (Å²) in [6, 6.07) is 0. The molecule has 0 aliphatic carbocycles. The van der Waals surface area contributed by atoms with E-state index in [-0.39, 0.29) is 0 Å². The van der Waals surface area contributed by atoms with Crippen molar-refractivity contribution in [3.8, 4) is 0 Å². The maximum atomic E-state index is 9.71. The number of rotatable bonds is 0. The molecular weight excluding hydrogens is 122 g/mol. The summed E-state index contributed by atoms with van der Waals surface area (Å²) in [4.78, 5) is 0. The predicted molar refractivity (Wildman–Crippen MR) is 18.8 cm³/mol. The molecule has 0 bridgehead atoms. The van der Waals surface area contributed by atoms with E-state index >= 15 is 0 Å². The van der Waals surface area contributed by atoms with Gasteiger partial charge in [0, 0.05) is 0 Å². The molecule has 0 radical (unpaired) electrons. The lowest BCUT2D eigenvalue weighted by molar-refractivity contribution is 0.252. The highest BCUT2D eigenvalue weighted by atomic mass is 32.3. The Labute approximate surface area is 39.7 Å². The van der Waals surface area contributed by atoms with E-state index < -0.39 is 16.5 Å². The van der Waals surface area contributed by atoms with Crippen molar-refractivity contribution in [2.45, 2.75) is 0 Å². The Hall–Kier alpha value is -0.780. The van der Waals surface area contributed by atoms with Crippen LogP contribution in [0.2, 0.25) is 0 Å². The van der Waals surface area contributed by atoms with Crippen LogP contribution in [0.1, 0.15) is 0 Å². The quantitative estimate of drug-likeness (QED) is 0.458. The van der Waals surface area contributed by atoms with Gasteiger partial charge in [0.25, 0.3) is 0 Å². The maximum absolute atomic E-state index is 9.71. The molecule has 0 aromatic heterocycles. The minimum atomic E-state index is -3.76. The molecular formula is CHNO4S. The molecule has 1 rings (SSSR count). The molecule has 0 unspecified atom stereocenters. The van der Waals surface area contributed by atoms with Crippen LogP contribution in [0.5, 0.6) is 0 Å². The standard InChI is InChI=1S/CHNO4S/c2-1-5-7(3,4)6-1/h2H. The van der Waals surface area contributed by atoms with Crippen molar-refractivity contribution >= 4 is 16.5 Å². The summed E-state index contributed by atoms with van der Waals surface area (Å²) in [5.74, 6) is 0. The third-order valence-corrected chi connectivity index (χ3v) is 1.07. The Morgan fingerprint density at radius 2 is 1.86 bits per heavy atom. The van der Waals surface area contributed by atoms with Crippen molar-refractivity contribution in [3.63, 3.8) is 0 Å². The van der Waals surface area contributed by atoms with E-state index in [1.165, 1.54) is 0 Å². The van der Waals surface area contributed by atoms with Gasteiger partial charge in [-0.25, -0.2) is 5.41 Å². The van der Waals surface area contributed by atoms with Crippen LogP contribution in [-0.2, 0) is 18.8 Å². The second kappa shape index (κ2) is 0.890. The van der Waals surface area contributed by atoms with Crippen molar-refractivity contribution in [2.75, 3.05) is 0 Å². The fourth-order valence-electron chi connectivity index (χ4n) is 0.192. The van der Waals surface area contributed by atoms with Crippen LogP contribution in [0.25, 0.3) is 0 Å². The van der Waals surface area contributed by atoms with Crippen LogP contribution in [0, 0.1) is 5.41 Å². The topological polar surface area (TPSA) is 76.5 Å². The first-order chi connectivity index (χ1) is 3.10. The minimum absolute atomic E-state index is 0.667. The zero-order valence-electron chi connectivity index (χ0n) is 3.04. The molecule has 0 aromatic rings. The molecule has 0 amide bonds. The van der Waals surface area contributed by atoms with Gasteiger partial charge in [-0.3, -0.25) is 8.37 Å². The average molecular weight is 123 g/mol. The lowest BCUT2D eigenvalue weighted by Crippen LogP contribution is -2.29. The fraction of sp³-hybridized carbons (Fsp3) is 0. The smallest absolute Gasteiger partial charge is 0.297 e. The van der Waals surface area contributed by atoms with Gasteiger partial charge in [-0.05, 0) is 0 Å². The monoisotopic (exact) mass is 123 g/mol. The van der Waals surface area contributed by atoms with Crippen molar-refractivity contribution in [1.82, 2.24) is 0 Å². The van der Waals surface area contributed by atoms with Gasteiger partial charge < -0.3 is 0 Å². The summed E-state index contributed by atoms with van der Waals surface area (Å²) < 4.78 is 26.7. The van der Waals surface area contributed by atoms with Gasteiger partial charge in [-0.15, -0.1) is 8.42 Å². The Morgan fingerprint density at radius 3 is 1.86 bits per heavy atom. The third-order valence-electron chi connectivity index (χ3n) is 0.355. The molecule has 0 spiro atoms. The van der Waals surface area contributed by atoms with Gasteiger partial charge in [0.05, 0.1) is 0 Å². The molecule has 1 aliphatic heterocycles. The number of hydrogen-bond acceptors (Lipinski definition) is 5. The molecule has 5 nitrogen and oxygen atoms in total. The van der Waals surface area contributed by atoms with Crippen LogP contribution in [0.3, 0.4) is 0 Å². The van der Waals surface area contributed by atoms with Crippen molar-refractivity contribution in [3.05, 3.63) is 0 Å². The van der Waals surface area contributed by atoms with Gasteiger partial charge >= 0.3 is 16.5 Å². The Kier molecular flexibility index (Phi) is 0.557. The molecule has 1 heterocycles. The van der Waals surface area contributed by atoms with Crippen LogP contribution < -0.4 is 0 Å². The highest BCUT2D eigenvalue weighted by Crippen LogP contribution is 2.08. The van der Waals surface area contributed by atoms with E-state index in [9.17, 15) is 8.42 Å². The van der Waals surface area contributed by atoms with Gasteiger partial charge in [-0.1, -0.05) is 0 Å². The summed E-state index contributed by atoms with van der Waals surface area (Å²) >= 11 is 0. The lowest BCUT2D eigenvalue weighted by Gasteiger charge is -2.12. The van der Waals surface area contributed by atoms with E-state index in [1.54, 1.807) is 0 Å². The van der Waals surface area contributed by atoms with Gasteiger partial charge in [-0.2, -0.15) is 0 Å². The van der Waals surface area contributed by atoms with Crippen molar-refractivity contribution in [1.29, 1.82) is 5.41 Å². The van der Waals surface area contributed by atoms with E-state index in [0.717, 1.165) is 0 Å². The zero-order valence-corrected chi connectivity index (χ0v) is 3.86. The lowest BCUT2D eigenvalue weighted by atomic mass is 11.4. The normalized spacial score (nSPS) is 24.3. The summed E-state index contributed by atoms with van der Waals surface area (Å²) in [6.45, 7) is 0. The predicted octanol–water partition coefficient (Wildman–Crippen LogP) is -0.787. The highest BCUT2D eigenvalue weighted by Gasteiger charge is 2.31. The molecule has 40 valence electrons. The van der Waals surface area contributed by atoms with Crippen molar-refractivity contribution < 1.29 is 16.8 Å². The minimum Gasteiger partial charge on any atom is -0.297 e. The van der Waals surface area contributed by atoms with Crippen LogP contribution >= 0.6 is 0 Å². The molecule has 0 aromatic carbocycles. The molecule has 0 saturated carbocycles. The van der Waals surface area contributed by atoms with Crippen LogP contribution in [0.15, 0.2) is 0 Å². The van der Waals surface area contributed by atoms with E-state index in [4.69, 9.17) is 5.41 Å². The highest BCUT2D eigenvalue weighted by molar-refractivity contribution is 7.84. The summed E-state index contributed by atoms with van der Waals surface area (Å²) in [5.41, 5.74) is 0. The summed E-state index contributed by atoms with van der Waals surface area (Å²) in [6.07, 6.45) is -0.667. The molecule has 1 saturated heterocycles. The molecule has 1 N–H and O–H groups in total. The van der Waals surface area contributed by atoms with Crippen LogP contribution in [-0.4, -0.2) is 14.5 Å². The Morgan fingerprint density at radius 1 is 1.43 bits per heavy atom. The Bertz CT molecular complexity index is 176. The second-order valence-electron chi connectivity index (χ2n) is 0.862. The first-order valence-corrected chi connectivity index (χ1v) is 2.66. The molecule has 0 atom stereocenters. The number of hydrogen-bond donors (Lipinski definition) is 1. The summed E-state index contributed by atoms with van der Waals surface area (Å²) in [7, 11) is -3.76. The van der Waals surface area contributed by atoms with Gasteiger partial charge in [0.1, 0.15) is 0 Å². The van der Waals surface area contributed by atoms with Gasteiger partial charge in [0.2, 0.25) is 0 Å². The SMILES string of the molecule is N=C1OS(=O)(=O)O1. The zero-order chi connectivity index (χ0) is 5.49.